The average molecular weight is 476 g/mol. The summed E-state index contributed by atoms with van der Waals surface area (Å²) in [5.74, 6) is 0.755. The molecule has 0 spiro atoms. The Kier molecular flexibility index (Phi) is 6.82. The van der Waals surface area contributed by atoms with Crippen molar-refractivity contribution in [2.24, 2.45) is 0 Å². The van der Waals surface area contributed by atoms with Crippen LogP contribution in [0.3, 0.4) is 0 Å². The molecule has 174 valence electrons. The van der Waals surface area contributed by atoms with Gasteiger partial charge in [0.2, 0.25) is 0 Å². The SMILES string of the molecule is COC(C=O)N1CCN(Cc2ccnc(Nc3nc4ccc(-c5ccncc5)nc4s3)c2)CC1. The number of pyridine rings is 3. The Morgan fingerprint density at radius 1 is 1.09 bits per heavy atom. The maximum absolute atomic E-state index is 11.1. The third kappa shape index (κ3) is 5.10. The molecule has 1 aliphatic heterocycles. The topological polar surface area (TPSA) is 96.4 Å². The highest BCUT2D eigenvalue weighted by atomic mass is 32.1. The predicted molar refractivity (Wildman–Crippen MR) is 132 cm³/mol. The van der Waals surface area contributed by atoms with E-state index in [-0.39, 0.29) is 0 Å². The number of nitrogens with zero attached hydrogens (tertiary/aromatic N) is 6. The second kappa shape index (κ2) is 10.3. The smallest absolute Gasteiger partial charge is 0.190 e. The fourth-order valence-electron chi connectivity index (χ4n) is 4.03. The van der Waals surface area contributed by atoms with Crippen molar-refractivity contribution in [1.82, 2.24) is 29.7 Å². The first kappa shape index (κ1) is 22.5. The van der Waals surface area contributed by atoms with Gasteiger partial charge in [-0.2, -0.15) is 0 Å². The molecule has 1 saturated heterocycles. The van der Waals surface area contributed by atoms with Crippen molar-refractivity contribution < 1.29 is 9.53 Å². The zero-order valence-corrected chi connectivity index (χ0v) is 19.6. The van der Waals surface area contributed by atoms with E-state index in [1.165, 1.54) is 16.9 Å². The van der Waals surface area contributed by atoms with E-state index in [4.69, 9.17) is 9.72 Å². The highest BCUT2D eigenvalue weighted by molar-refractivity contribution is 7.21. The fraction of sp³-hybridized carbons (Fsp3) is 0.292. The maximum Gasteiger partial charge on any atom is 0.190 e. The molecule has 0 aliphatic carbocycles. The standard InChI is InChI=1S/C24H25N7O2S/c1-33-22(16-32)31-12-10-30(11-13-31)15-17-4-9-26-21(14-17)29-24-28-20-3-2-19(27-23(20)34-24)18-5-7-25-8-6-18/h2-9,14,16,22H,10-13,15H2,1H3,(H,26,28,29). The van der Waals surface area contributed by atoms with Crippen LogP contribution in [0.2, 0.25) is 0 Å². The largest absolute Gasteiger partial charge is 0.359 e. The van der Waals surface area contributed by atoms with E-state index in [0.29, 0.717) is 0 Å². The van der Waals surface area contributed by atoms with Gasteiger partial charge in [0.15, 0.2) is 17.6 Å². The van der Waals surface area contributed by atoms with Gasteiger partial charge < -0.3 is 10.1 Å². The predicted octanol–water partition coefficient (Wildman–Crippen LogP) is 3.18. The van der Waals surface area contributed by atoms with Gasteiger partial charge in [0.05, 0.1) is 5.69 Å². The van der Waals surface area contributed by atoms with E-state index in [1.807, 2.05) is 36.5 Å². The number of hydrogen-bond acceptors (Lipinski definition) is 10. The van der Waals surface area contributed by atoms with Crippen LogP contribution < -0.4 is 5.32 Å². The van der Waals surface area contributed by atoms with Gasteiger partial charge in [-0.05, 0) is 42.0 Å². The molecule has 0 aromatic carbocycles. The van der Waals surface area contributed by atoms with E-state index in [1.54, 1.807) is 19.5 Å². The molecule has 5 heterocycles. The van der Waals surface area contributed by atoms with Crippen LogP contribution in [0, 0.1) is 0 Å². The number of hydrogen-bond donors (Lipinski definition) is 1. The first-order valence-electron chi connectivity index (χ1n) is 11.1. The number of fused-ring (bicyclic) bond motifs is 1. The van der Waals surface area contributed by atoms with Crippen molar-refractivity contribution in [2.45, 2.75) is 12.8 Å². The Balaban J connectivity index is 1.24. The van der Waals surface area contributed by atoms with Crippen LogP contribution in [0.1, 0.15) is 5.56 Å². The Morgan fingerprint density at radius 3 is 2.68 bits per heavy atom. The summed E-state index contributed by atoms with van der Waals surface area (Å²) in [6.07, 6.45) is 5.74. The summed E-state index contributed by atoms with van der Waals surface area (Å²) in [4.78, 5) is 34.4. The normalized spacial score (nSPS) is 15.9. The molecule has 0 radical (unpaired) electrons. The Labute approximate surface area is 201 Å². The summed E-state index contributed by atoms with van der Waals surface area (Å²) in [5.41, 5.74) is 3.95. The van der Waals surface area contributed by atoms with Gasteiger partial charge in [-0.1, -0.05) is 11.3 Å². The number of carbonyl (C=O) groups is 1. The van der Waals surface area contributed by atoms with Gasteiger partial charge >= 0.3 is 0 Å². The molecule has 10 heteroatoms. The van der Waals surface area contributed by atoms with Gasteiger partial charge in [-0.15, -0.1) is 0 Å². The molecule has 1 atom stereocenters. The van der Waals surface area contributed by atoms with Crippen LogP contribution >= 0.6 is 11.3 Å². The first-order chi connectivity index (χ1) is 16.7. The van der Waals surface area contributed by atoms with Crippen molar-refractivity contribution in [3.63, 3.8) is 0 Å². The van der Waals surface area contributed by atoms with Crippen molar-refractivity contribution in [2.75, 3.05) is 38.6 Å². The number of methoxy groups -OCH3 is 1. The zero-order valence-electron chi connectivity index (χ0n) is 18.8. The van der Waals surface area contributed by atoms with Gasteiger partial charge in [0, 0.05) is 64.0 Å². The second-order valence-electron chi connectivity index (χ2n) is 8.02. The number of aldehydes is 1. The fourth-order valence-corrected chi connectivity index (χ4v) is 4.87. The molecule has 0 bridgehead atoms. The first-order valence-corrected chi connectivity index (χ1v) is 11.9. The van der Waals surface area contributed by atoms with Crippen LogP contribution in [-0.2, 0) is 16.1 Å². The van der Waals surface area contributed by atoms with Crippen molar-refractivity contribution in [3.05, 3.63) is 60.6 Å². The summed E-state index contributed by atoms with van der Waals surface area (Å²) in [6.45, 7) is 4.17. The van der Waals surface area contributed by atoms with Gasteiger partial charge in [0.25, 0.3) is 0 Å². The van der Waals surface area contributed by atoms with Gasteiger partial charge in [0.1, 0.15) is 16.2 Å². The number of aromatic nitrogens is 4. The minimum Gasteiger partial charge on any atom is -0.359 e. The van der Waals surface area contributed by atoms with Crippen molar-refractivity contribution in [3.8, 4) is 11.3 Å². The number of ether oxygens (including phenoxy) is 1. The molecule has 1 aliphatic rings. The molecule has 4 aromatic rings. The van der Waals surface area contributed by atoms with Crippen molar-refractivity contribution >= 4 is 38.9 Å². The van der Waals surface area contributed by atoms with E-state index in [2.05, 4.69) is 36.1 Å². The molecule has 4 aromatic heterocycles. The summed E-state index contributed by atoms with van der Waals surface area (Å²) in [7, 11) is 1.57. The third-order valence-corrected chi connectivity index (χ3v) is 6.70. The van der Waals surface area contributed by atoms with Crippen LogP contribution in [0.25, 0.3) is 21.6 Å². The lowest BCUT2D eigenvalue weighted by Gasteiger charge is -2.36. The molecule has 34 heavy (non-hydrogen) atoms. The molecule has 9 nitrogen and oxygen atoms in total. The lowest BCUT2D eigenvalue weighted by Crippen LogP contribution is -2.51. The van der Waals surface area contributed by atoms with Crippen LogP contribution in [0.4, 0.5) is 10.9 Å². The van der Waals surface area contributed by atoms with E-state index in [0.717, 1.165) is 71.6 Å². The van der Waals surface area contributed by atoms with E-state index < -0.39 is 6.23 Å². The molecule has 1 unspecified atom stereocenters. The molecule has 1 fully saturated rings. The number of carbonyl (C=O) groups excluding carboxylic acids is 1. The highest BCUT2D eigenvalue weighted by Crippen LogP contribution is 2.29. The summed E-state index contributed by atoms with van der Waals surface area (Å²) >= 11 is 1.50. The summed E-state index contributed by atoms with van der Waals surface area (Å²) in [5, 5.41) is 4.09. The zero-order chi connectivity index (χ0) is 23.3. The van der Waals surface area contributed by atoms with Gasteiger partial charge in [-0.3, -0.25) is 19.6 Å². The Bertz CT molecular complexity index is 1260. The summed E-state index contributed by atoms with van der Waals surface area (Å²) < 4.78 is 5.23. The van der Waals surface area contributed by atoms with E-state index in [9.17, 15) is 4.79 Å². The maximum atomic E-state index is 11.1. The number of thiazole rings is 1. The van der Waals surface area contributed by atoms with Gasteiger partial charge in [-0.25, -0.2) is 15.0 Å². The lowest BCUT2D eigenvalue weighted by atomic mass is 10.2. The number of anilines is 2. The number of piperazine rings is 1. The molecule has 5 rings (SSSR count). The molecule has 1 N–H and O–H groups in total. The summed E-state index contributed by atoms with van der Waals surface area (Å²) in [6, 6.07) is 11.9. The lowest BCUT2D eigenvalue weighted by molar-refractivity contribution is -0.129. The highest BCUT2D eigenvalue weighted by Gasteiger charge is 2.23. The Hall–Kier alpha value is -3.31. The molecule has 0 saturated carbocycles. The molecular weight excluding hydrogens is 450 g/mol. The molecular formula is C24H25N7O2S. The van der Waals surface area contributed by atoms with Crippen LogP contribution in [-0.4, -0.2) is 75.5 Å². The van der Waals surface area contributed by atoms with E-state index >= 15 is 0 Å². The van der Waals surface area contributed by atoms with Crippen LogP contribution in [0.5, 0.6) is 0 Å². The quantitative estimate of drug-likeness (QED) is 0.385. The number of nitrogens with one attached hydrogen (secondary N) is 1. The molecule has 0 amide bonds. The Morgan fingerprint density at radius 2 is 1.91 bits per heavy atom. The average Bonchev–Trinajstić information content (AvgIpc) is 3.28. The minimum absolute atomic E-state index is 0.456. The number of rotatable bonds is 8. The van der Waals surface area contributed by atoms with Crippen LogP contribution in [0.15, 0.2) is 55.0 Å². The third-order valence-electron chi connectivity index (χ3n) is 5.82. The second-order valence-corrected chi connectivity index (χ2v) is 9.00. The minimum atomic E-state index is -0.456. The van der Waals surface area contributed by atoms with Crippen molar-refractivity contribution in [1.29, 1.82) is 0 Å². The monoisotopic (exact) mass is 475 g/mol.